The van der Waals surface area contributed by atoms with Gasteiger partial charge in [-0.3, -0.25) is 0 Å². The molecule has 0 atom stereocenters. The average Bonchev–Trinajstić information content (AvgIpc) is 3.10. The van der Waals surface area contributed by atoms with Crippen molar-refractivity contribution >= 4 is 45.8 Å². The van der Waals surface area contributed by atoms with Gasteiger partial charge in [-0.1, -0.05) is 78.0 Å². The highest BCUT2D eigenvalue weighted by Crippen LogP contribution is 2.25. The standard InChI is InChI=1S/C21H19ClN6S/c1-14(16-11-10-15-6-2-3-7-17(15)12-16)24-25-20-26-27-21(28(20)23)29-13-18-8-4-5-9-19(18)22/h2-12H,13,23H2,1H3,(H,25,26)/b24-14+. The van der Waals surface area contributed by atoms with E-state index in [0.29, 0.717) is 16.9 Å². The van der Waals surface area contributed by atoms with E-state index in [1.807, 2.05) is 49.4 Å². The van der Waals surface area contributed by atoms with Gasteiger partial charge in [0.05, 0.1) is 5.71 Å². The first-order valence-electron chi connectivity index (χ1n) is 8.98. The molecule has 4 rings (SSSR count). The number of hydrazone groups is 1. The summed E-state index contributed by atoms with van der Waals surface area (Å²) in [6.45, 7) is 1.93. The van der Waals surface area contributed by atoms with Crippen LogP contribution in [-0.2, 0) is 5.75 Å². The van der Waals surface area contributed by atoms with E-state index < -0.39 is 0 Å². The number of fused-ring (bicyclic) bond motifs is 1. The zero-order valence-corrected chi connectivity index (χ0v) is 17.3. The van der Waals surface area contributed by atoms with Crippen molar-refractivity contribution in [2.24, 2.45) is 5.10 Å². The van der Waals surface area contributed by atoms with Gasteiger partial charge in [-0.2, -0.15) is 5.10 Å². The molecule has 146 valence electrons. The van der Waals surface area contributed by atoms with E-state index in [1.165, 1.54) is 27.2 Å². The smallest absolute Gasteiger partial charge is 0.264 e. The summed E-state index contributed by atoms with van der Waals surface area (Å²) in [5.74, 6) is 7.13. The van der Waals surface area contributed by atoms with Crippen molar-refractivity contribution in [2.75, 3.05) is 11.3 Å². The summed E-state index contributed by atoms with van der Waals surface area (Å²) >= 11 is 7.66. The van der Waals surface area contributed by atoms with Crippen LogP contribution >= 0.6 is 23.4 Å². The van der Waals surface area contributed by atoms with E-state index in [-0.39, 0.29) is 0 Å². The Bertz CT molecular complexity index is 1190. The monoisotopic (exact) mass is 422 g/mol. The number of rotatable bonds is 6. The molecule has 0 fully saturated rings. The third-order valence-electron chi connectivity index (χ3n) is 4.47. The van der Waals surface area contributed by atoms with Crippen LogP contribution in [0, 0.1) is 0 Å². The van der Waals surface area contributed by atoms with Gasteiger partial charge in [0.2, 0.25) is 5.16 Å². The molecule has 4 aromatic rings. The quantitative estimate of drug-likeness (QED) is 0.199. The second-order valence-electron chi connectivity index (χ2n) is 6.43. The molecule has 1 heterocycles. The Kier molecular flexibility index (Phi) is 5.69. The third kappa shape index (κ3) is 4.36. The molecular formula is C21H19ClN6S. The summed E-state index contributed by atoms with van der Waals surface area (Å²) in [7, 11) is 0. The Labute approximate surface area is 177 Å². The molecule has 0 saturated carbocycles. The van der Waals surface area contributed by atoms with E-state index in [9.17, 15) is 0 Å². The highest BCUT2D eigenvalue weighted by Gasteiger charge is 2.11. The van der Waals surface area contributed by atoms with Crippen molar-refractivity contribution in [3.05, 3.63) is 82.9 Å². The highest BCUT2D eigenvalue weighted by atomic mass is 35.5. The Morgan fingerprint density at radius 2 is 1.83 bits per heavy atom. The van der Waals surface area contributed by atoms with Gasteiger partial charge in [0.15, 0.2) is 0 Å². The summed E-state index contributed by atoms with van der Waals surface area (Å²) < 4.78 is 1.39. The lowest BCUT2D eigenvalue weighted by Crippen LogP contribution is -2.13. The minimum atomic E-state index is 0.367. The van der Waals surface area contributed by atoms with E-state index in [2.05, 4.69) is 45.0 Å². The number of thioether (sulfide) groups is 1. The largest absolute Gasteiger partial charge is 0.334 e. The van der Waals surface area contributed by atoms with Crippen LogP contribution in [-0.4, -0.2) is 20.6 Å². The molecule has 1 aromatic heterocycles. The second kappa shape index (κ2) is 8.55. The van der Waals surface area contributed by atoms with Crippen LogP contribution in [0.5, 0.6) is 0 Å². The molecule has 0 aliphatic carbocycles. The van der Waals surface area contributed by atoms with Crippen LogP contribution in [0.3, 0.4) is 0 Å². The van der Waals surface area contributed by atoms with Gasteiger partial charge in [-0.05, 0) is 41.0 Å². The van der Waals surface area contributed by atoms with Crippen LogP contribution in [0.1, 0.15) is 18.1 Å². The molecule has 0 unspecified atom stereocenters. The van der Waals surface area contributed by atoms with Crippen LogP contribution in [0.2, 0.25) is 5.02 Å². The maximum atomic E-state index is 6.20. The fourth-order valence-electron chi connectivity index (χ4n) is 2.82. The first-order valence-corrected chi connectivity index (χ1v) is 10.3. The van der Waals surface area contributed by atoms with Crippen molar-refractivity contribution in [3.63, 3.8) is 0 Å². The Morgan fingerprint density at radius 3 is 2.66 bits per heavy atom. The number of hydrogen-bond donors (Lipinski definition) is 2. The van der Waals surface area contributed by atoms with Crippen molar-refractivity contribution in [2.45, 2.75) is 17.8 Å². The minimum absolute atomic E-state index is 0.367. The molecule has 0 saturated heterocycles. The van der Waals surface area contributed by atoms with Crippen LogP contribution < -0.4 is 11.3 Å². The van der Waals surface area contributed by atoms with Gasteiger partial charge >= 0.3 is 0 Å². The highest BCUT2D eigenvalue weighted by molar-refractivity contribution is 7.98. The molecule has 0 spiro atoms. The number of hydrogen-bond acceptors (Lipinski definition) is 6. The number of nitrogen functional groups attached to an aromatic ring is 1. The van der Waals surface area contributed by atoms with Crippen molar-refractivity contribution in [3.8, 4) is 0 Å². The first kappa shape index (κ1) is 19.3. The summed E-state index contributed by atoms with van der Waals surface area (Å²) in [6.07, 6.45) is 0. The van der Waals surface area contributed by atoms with Crippen molar-refractivity contribution < 1.29 is 0 Å². The Balaban J connectivity index is 1.46. The van der Waals surface area contributed by atoms with Gasteiger partial charge in [0.1, 0.15) is 0 Å². The first-order chi connectivity index (χ1) is 14.1. The zero-order chi connectivity index (χ0) is 20.2. The van der Waals surface area contributed by atoms with Gasteiger partial charge in [0.25, 0.3) is 5.95 Å². The van der Waals surface area contributed by atoms with Crippen LogP contribution in [0.15, 0.2) is 77.0 Å². The van der Waals surface area contributed by atoms with Gasteiger partial charge in [-0.25, -0.2) is 10.1 Å². The number of nitrogens with two attached hydrogens (primary N) is 1. The van der Waals surface area contributed by atoms with Crippen molar-refractivity contribution in [1.29, 1.82) is 0 Å². The number of anilines is 1. The molecule has 0 amide bonds. The number of benzene rings is 3. The summed E-state index contributed by atoms with van der Waals surface area (Å²) in [5, 5.41) is 16.3. The maximum Gasteiger partial charge on any atom is 0.264 e. The zero-order valence-electron chi connectivity index (χ0n) is 15.7. The predicted octanol–water partition coefficient (Wildman–Crippen LogP) is 4.93. The molecule has 0 aliphatic rings. The molecule has 0 radical (unpaired) electrons. The predicted molar refractivity (Wildman–Crippen MR) is 121 cm³/mol. The van der Waals surface area contributed by atoms with Gasteiger partial charge in [-0.15, -0.1) is 10.2 Å². The second-order valence-corrected chi connectivity index (χ2v) is 7.78. The minimum Gasteiger partial charge on any atom is -0.334 e. The summed E-state index contributed by atoms with van der Waals surface area (Å²) in [5.41, 5.74) is 5.76. The SMILES string of the molecule is C/C(=N\Nc1nnc(SCc2ccccc2Cl)n1N)c1ccc2ccccc2c1. The lowest BCUT2D eigenvalue weighted by atomic mass is 10.0. The molecule has 29 heavy (non-hydrogen) atoms. The number of nitrogens with one attached hydrogen (secondary N) is 1. The molecule has 6 nitrogen and oxygen atoms in total. The summed E-state index contributed by atoms with van der Waals surface area (Å²) in [4.78, 5) is 0. The summed E-state index contributed by atoms with van der Waals surface area (Å²) in [6, 6.07) is 22.1. The fraction of sp³-hybridized carbons (Fsp3) is 0.0952. The Morgan fingerprint density at radius 1 is 1.07 bits per heavy atom. The van der Waals surface area contributed by atoms with Crippen molar-refractivity contribution in [1.82, 2.24) is 14.9 Å². The molecule has 8 heteroatoms. The normalized spacial score (nSPS) is 11.7. The molecule has 3 aromatic carbocycles. The van der Waals surface area contributed by atoms with E-state index in [4.69, 9.17) is 17.4 Å². The Hall–Kier alpha value is -3.03. The number of aromatic nitrogens is 3. The van der Waals surface area contributed by atoms with Crippen LogP contribution in [0.25, 0.3) is 10.8 Å². The maximum absolute atomic E-state index is 6.20. The number of nitrogens with zero attached hydrogens (tertiary/aromatic N) is 4. The van der Waals surface area contributed by atoms with E-state index in [1.54, 1.807) is 0 Å². The molecular weight excluding hydrogens is 404 g/mol. The van der Waals surface area contributed by atoms with E-state index in [0.717, 1.165) is 21.9 Å². The molecule has 0 bridgehead atoms. The lowest BCUT2D eigenvalue weighted by molar-refractivity contribution is 0.846. The average molecular weight is 423 g/mol. The number of halogens is 1. The van der Waals surface area contributed by atoms with Gasteiger partial charge < -0.3 is 5.84 Å². The van der Waals surface area contributed by atoms with Crippen LogP contribution in [0.4, 0.5) is 5.95 Å². The van der Waals surface area contributed by atoms with E-state index >= 15 is 0 Å². The molecule has 3 N–H and O–H groups in total. The third-order valence-corrected chi connectivity index (χ3v) is 5.83. The molecule has 0 aliphatic heterocycles. The topological polar surface area (TPSA) is 81.1 Å². The lowest BCUT2D eigenvalue weighted by Gasteiger charge is -2.06. The van der Waals surface area contributed by atoms with Gasteiger partial charge in [0, 0.05) is 10.8 Å². The fourth-order valence-corrected chi connectivity index (χ4v) is 3.96.